The number of benzene rings is 1. The number of nitrogens with zero attached hydrogens (tertiary/aromatic N) is 2. The lowest BCUT2D eigenvalue weighted by Crippen LogP contribution is -2.16. The molecule has 0 saturated heterocycles. The molecule has 2 aromatic rings. The fraction of sp³-hybridized carbons (Fsp3) is 0.154. The quantitative estimate of drug-likeness (QED) is 0.877. The van der Waals surface area contributed by atoms with Crippen molar-refractivity contribution in [3.63, 3.8) is 0 Å². The highest BCUT2D eigenvalue weighted by atomic mass is 79.9. The molecule has 0 saturated carbocycles. The third kappa shape index (κ3) is 1.78. The largest absolute Gasteiger partial charge is 0.396 e. The van der Waals surface area contributed by atoms with Gasteiger partial charge in [0, 0.05) is 22.9 Å². The molecule has 0 unspecified atom stereocenters. The summed E-state index contributed by atoms with van der Waals surface area (Å²) in [6.07, 6.45) is 2.83. The van der Waals surface area contributed by atoms with Crippen molar-refractivity contribution in [2.24, 2.45) is 0 Å². The molecule has 2 heterocycles. The van der Waals surface area contributed by atoms with Crippen LogP contribution in [0.1, 0.15) is 5.56 Å². The van der Waals surface area contributed by atoms with E-state index in [4.69, 9.17) is 5.73 Å². The molecule has 1 aliphatic heterocycles. The van der Waals surface area contributed by atoms with Crippen LogP contribution in [0.15, 0.2) is 41.0 Å². The number of anilines is 3. The van der Waals surface area contributed by atoms with E-state index in [9.17, 15) is 0 Å². The van der Waals surface area contributed by atoms with E-state index < -0.39 is 0 Å². The Hall–Kier alpha value is -1.55. The van der Waals surface area contributed by atoms with Gasteiger partial charge in [0.05, 0.1) is 5.69 Å². The van der Waals surface area contributed by atoms with Gasteiger partial charge in [0.2, 0.25) is 0 Å². The minimum absolute atomic E-state index is 0.705. The zero-order valence-electron chi connectivity index (χ0n) is 9.23. The average Bonchev–Trinajstić information content (AvgIpc) is 2.73. The first kappa shape index (κ1) is 10.6. The molecule has 0 atom stereocenters. The number of fused-ring (bicyclic) bond motifs is 1. The van der Waals surface area contributed by atoms with Crippen molar-refractivity contribution in [1.29, 1.82) is 0 Å². The van der Waals surface area contributed by atoms with Gasteiger partial charge in [-0.2, -0.15) is 0 Å². The van der Waals surface area contributed by atoms with Crippen LogP contribution < -0.4 is 10.6 Å². The second-order valence-corrected chi connectivity index (χ2v) is 5.01. The van der Waals surface area contributed by atoms with Crippen molar-refractivity contribution in [3.05, 3.63) is 46.6 Å². The molecular weight excluding hydrogens is 278 g/mol. The average molecular weight is 290 g/mol. The monoisotopic (exact) mass is 289 g/mol. The van der Waals surface area contributed by atoms with E-state index >= 15 is 0 Å². The second-order valence-electron chi connectivity index (χ2n) is 4.10. The van der Waals surface area contributed by atoms with Crippen LogP contribution in [0.4, 0.5) is 17.2 Å². The molecule has 0 bridgehead atoms. The Kier molecular flexibility index (Phi) is 2.52. The van der Waals surface area contributed by atoms with Crippen molar-refractivity contribution in [2.75, 3.05) is 17.2 Å². The van der Waals surface area contributed by atoms with Gasteiger partial charge in [-0.1, -0.05) is 18.2 Å². The molecule has 86 valence electrons. The summed E-state index contributed by atoms with van der Waals surface area (Å²) in [7, 11) is 0. The van der Waals surface area contributed by atoms with Gasteiger partial charge in [-0.25, -0.2) is 4.98 Å². The van der Waals surface area contributed by atoms with Crippen LogP contribution in [0, 0.1) is 0 Å². The van der Waals surface area contributed by atoms with Gasteiger partial charge in [-0.15, -0.1) is 0 Å². The summed E-state index contributed by atoms with van der Waals surface area (Å²) in [5.41, 5.74) is 9.30. The van der Waals surface area contributed by atoms with E-state index in [2.05, 4.69) is 44.0 Å². The predicted octanol–water partition coefficient (Wildman–Crippen LogP) is 3.12. The van der Waals surface area contributed by atoms with Crippen LogP contribution in [0.5, 0.6) is 0 Å². The minimum Gasteiger partial charge on any atom is -0.396 e. The van der Waals surface area contributed by atoms with Crippen LogP contribution in [0.3, 0.4) is 0 Å². The molecule has 17 heavy (non-hydrogen) atoms. The Balaban J connectivity index is 2.07. The lowest BCUT2D eigenvalue weighted by molar-refractivity contribution is 0.975. The molecule has 3 rings (SSSR count). The maximum Gasteiger partial charge on any atom is 0.156 e. The predicted molar refractivity (Wildman–Crippen MR) is 73.5 cm³/mol. The number of hydrogen-bond acceptors (Lipinski definition) is 3. The molecule has 1 aliphatic rings. The minimum atomic E-state index is 0.705. The molecule has 4 heteroatoms. The van der Waals surface area contributed by atoms with Crippen molar-refractivity contribution < 1.29 is 0 Å². The molecule has 0 spiro atoms. The molecule has 1 aromatic heterocycles. The van der Waals surface area contributed by atoms with E-state index in [0.717, 1.165) is 23.3 Å². The smallest absolute Gasteiger partial charge is 0.156 e. The van der Waals surface area contributed by atoms with E-state index in [1.165, 1.54) is 11.3 Å². The third-order valence-electron chi connectivity index (χ3n) is 3.00. The number of aromatic nitrogens is 1. The SMILES string of the molecule is Nc1cc(Br)cnc1N1CCc2ccccc21. The Bertz CT molecular complexity index is 568. The number of hydrogen-bond donors (Lipinski definition) is 1. The van der Waals surface area contributed by atoms with Crippen LogP contribution in [-0.4, -0.2) is 11.5 Å². The first-order chi connectivity index (χ1) is 8.25. The number of nitrogen functional groups attached to an aromatic ring is 1. The van der Waals surface area contributed by atoms with Gasteiger partial charge in [0.1, 0.15) is 0 Å². The third-order valence-corrected chi connectivity index (χ3v) is 3.44. The fourth-order valence-electron chi connectivity index (χ4n) is 2.23. The van der Waals surface area contributed by atoms with Crippen LogP contribution >= 0.6 is 15.9 Å². The normalized spacial score (nSPS) is 13.8. The lowest BCUT2D eigenvalue weighted by Gasteiger charge is -2.19. The van der Waals surface area contributed by atoms with Gasteiger partial charge in [-0.05, 0) is 40.0 Å². The van der Waals surface area contributed by atoms with E-state index in [1.807, 2.05) is 12.1 Å². The molecule has 0 fully saturated rings. The molecule has 0 radical (unpaired) electrons. The summed E-state index contributed by atoms with van der Waals surface area (Å²) in [4.78, 5) is 6.59. The number of pyridine rings is 1. The first-order valence-corrected chi connectivity index (χ1v) is 6.31. The Morgan fingerprint density at radius 3 is 2.94 bits per heavy atom. The number of nitrogens with two attached hydrogens (primary N) is 1. The zero-order chi connectivity index (χ0) is 11.8. The second kappa shape index (κ2) is 4.04. The van der Waals surface area contributed by atoms with Gasteiger partial charge in [0.15, 0.2) is 5.82 Å². The number of halogens is 1. The standard InChI is InChI=1S/C13H12BrN3/c14-10-7-11(15)13(16-8-10)17-6-5-9-3-1-2-4-12(9)17/h1-4,7-8H,5-6,15H2. The van der Waals surface area contributed by atoms with Crippen LogP contribution in [0.2, 0.25) is 0 Å². The van der Waals surface area contributed by atoms with E-state index in [-0.39, 0.29) is 0 Å². The fourth-order valence-corrected chi connectivity index (χ4v) is 2.58. The highest BCUT2D eigenvalue weighted by Crippen LogP contribution is 2.36. The lowest BCUT2D eigenvalue weighted by atomic mass is 10.2. The summed E-state index contributed by atoms with van der Waals surface area (Å²) in [6.45, 7) is 0.943. The highest BCUT2D eigenvalue weighted by Gasteiger charge is 2.22. The van der Waals surface area contributed by atoms with Gasteiger partial charge >= 0.3 is 0 Å². The van der Waals surface area contributed by atoms with Crippen molar-refractivity contribution in [2.45, 2.75) is 6.42 Å². The van der Waals surface area contributed by atoms with Gasteiger partial charge in [0.25, 0.3) is 0 Å². The topological polar surface area (TPSA) is 42.1 Å². The van der Waals surface area contributed by atoms with Crippen LogP contribution in [-0.2, 0) is 6.42 Å². The first-order valence-electron chi connectivity index (χ1n) is 5.52. The Labute approximate surface area is 108 Å². The molecular formula is C13H12BrN3. The highest BCUT2D eigenvalue weighted by molar-refractivity contribution is 9.10. The Morgan fingerprint density at radius 1 is 1.29 bits per heavy atom. The Morgan fingerprint density at radius 2 is 2.12 bits per heavy atom. The van der Waals surface area contributed by atoms with Gasteiger partial charge in [-0.3, -0.25) is 0 Å². The summed E-state index contributed by atoms with van der Waals surface area (Å²) in [6, 6.07) is 10.3. The van der Waals surface area contributed by atoms with E-state index in [1.54, 1.807) is 6.20 Å². The molecule has 1 aromatic carbocycles. The molecule has 0 aliphatic carbocycles. The maximum absolute atomic E-state index is 6.02. The van der Waals surface area contributed by atoms with E-state index in [0.29, 0.717) is 5.69 Å². The summed E-state index contributed by atoms with van der Waals surface area (Å²) < 4.78 is 0.909. The van der Waals surface area contributed by atoms with Gasteiger partial charge < -0.3 is 10.6 Å². The molecule has 3 nitrogen and oxygen atoms in total. The van der Waals surface area contributed by atoms with Crippen molar-refractivity contribution >= 4 is 33.1 Å². The molecule has 0 amide bonds. The maximum atomic E-state index is 6.02. The summed E-state index contributed by atoms with van der Waals surface area (Å²) in [5.74, 6) is 0.846. The summed E-state index contributed by atoms with van der Waals surface area (Å²) >= 11 is 3.38. The number of para-hydroxylation sites is 1. The van der Waals surface area contributed by atoms with Crippen molar-refractivity contribution in [3.8, 4) is 0 Å². The number of rotatable bonds is 1. The summed E-state index contributed by atoms with van der Waals surface area (Å²) in [5, 5.41) is 0. The van der Waals surface area contributed by atoms with Crippen LogP contribution in [0.25, 0.3) is 0 Å². The van der Waals surface area contributed by atoms with Crippen molar-refractivity contribution in [1.82, 2.24) is 4.98 Å². The molecule has 2 N–H and O–H groups in total. The zero-order valence-corrected chi connectivity index (χ0v) is 10.8.